The van der Waals surface area contributed by atoms with Crippen LogP contribution in [0.3, 0.4) is 0 Å². The summed E-state index contributed by atoms with van der Waals surface area (Å²) in [5.74, 6) is 1.27. The van der Waals surface area contributed by atoms with Crippen LogP contribution < -0.4 is 14.8 Å². The van der Waals surface area contributed by atoms with Crippen LogP contribution in [0.1, 0.15) is 36.1 Å². The number of anilines is 1. The van der Waals surface area contributed by atoms with E-state index >= 15 is 0 Å². The average molecular weight is 420 g/mol. The second-order valence-electron chi connectivity index (χ2n) is 6.26. The SMILES string of the molecule is CCOc1cc(Br)c(CC(=O)Nc2c(C)cc(C)cc2C)cc1OCC. The molecule has 0 saturated carbocycles. The first-order valence-corrected chi connectivity index (χ1v) is 9.60. The van der Waals surface area contributed by atoms with Gasteiger partial charge in [-0.05, 0) is 63.4 Å². The Morgan fingerprint density at radius 2 is 1.50 bits per heavy atom. The summed E-state index contributed by atoms with van der Waals surface area (Å²) in [7, 11) is 0. The highest BCUT2D eigenvalue weighted by molar-refractivity contribution is 9.10. The van der Waals surface area contributed by atoms with Crippen LogP contribution in [-0.4, -0.2) is 19.1 Å². The molecular formula is C21H26BrNO3. The number of halogens is 1. The molecule has 2 aromatic rings. The van der Waals surface area contributed by atoms with E-state index < -0.39 is 0 Å². The Morgan fingerprint density at radius 3 is 2.04 bits per heavy atom. The van der Waals surface area contributed by atoms with E-state index in [1.165, 1.54) is 5.56 Å². The third-order valence-electron chi connectivity index (χ3n) is 4.00. The van der Waals surface area contributed by atoms with Crippen molar-refractivity contribution in [2.24, 2.45) is 0 Å². The number of amides is 1. The number of rotatable bonds is 7. The standard InChI is InChI=1S/C21H26BrNO3/c1-6-25-18-10-16(17(22)12-19(18)26-7-2)11-20(24)23-21-14(4)8-13(3)9-15(21)5/h8-10,12H,6-7,11H2,1-5H3,(H,23,24). The van der Waals surface area contributed by atoms with Gasteiger partial charge in [-0.15, -0.1) is 0 Å². The van der Waals surface area contributed by atoms with E-state index in [9.17, 15) is 4.79 Å². The number of ether oxygens (including phenoxy) is 2. The number of hydrogen-bond donors (Lipinski definition) is 1. The predicted octanol–water partition coefficient (Wildman–Crippen LogP) is 5.35. The lowest BCUT2D eigenvalue weighted by molar-refractivity contribution is -0.115. The van der Waals surface area contributed by atoms with E-state index in [4.69, 9.17) is 9.47 Å². The molecule has 0 saturated heterocycles. The molecule has 26 heavy (non-hydrogen) atoms. The van der Waals surface area contributed by atoms with Gasteiger partial charge < -0.3 is 14.8 Å². The topological polar surface area (TPSA) is 47.6 Å². The van der Waals surface area contributed by atoms with E-state index in [-0.39, 0.29) is 12.3 Å². The molecule has 0 heterocycles. The van der Waals surface area contributed by atoms with Crippen molar-refractivity contribution in [3.63, 3.8) is 0 Å². The van der Waals surface area contributed by atoms with Gasteiger partial charge in [0, 0.05) is 10.2 Å². The normalized spacial score (nSPS) is 10.5. The minimum Gasteiger partial charge on any atom is -0.490 e. The van der Waals surface area contributed by atoms with Crippen molar-refractivity contribution in [3.05, 3.63) is 51.0 Å². The molecule has 0 aromatic heterocycles. The second kappa shape index (κ2) is 9.08. The van der Waals surface area contributed by atoms with Crippen LogP contribution >= 0.6 is 15.9 Å². The number of benzene rings is 2. The van der Waals surface area contributed by atoms with Crippen LogP contribution in [0, 0.1) is 20.8 Å². The Balaban J connectivity index is 2.22. The van der Waals surface area contributed by atoms with Crippen molar-refractivity contribution in [1.82, 2.24) is 0 Å². The molecule has 0 atom stereocenters. The van der Waals surface area contributed by atoms with Crippen LogP contribution in [0.2, 0.25) is 0 Å². The molecule has 2 aromatic carbocycles. The summed E-state index contributed by atoms with van der Waals surface area (Å²) in [5, 5.41) is 3.04. The van der Waals surface area contributed by atoms with Crippen molar-refractivity contribution in [2.45, 2.75) is 41.0 Å². The Kier molecular flexibility index (Phi) is 7.09. The maximum Gasteiger partial charge on any atom is 0.228 e. The Hall–Kier alpha value is -2.01. The van der Waals surface area contributed by atoms with Gasteiger partial charge in [-0.2, -0.15) is 0 Å². The van der Waals surface area contributed by atoms with Gasteiger partial charge in [-0.1, -0.05) is 33.6 Å². The van der Waals surface area contributed by atoms with Crippen LogP contribution in [0.25, 0.3) is 0 Å². The van der Waals surface area contributed by atoms with Gasteiger partial charge in [-0.25, -0.2) is 0 Å². The highest BCUT2D eigenvalue weighted by Gasteiger charge is 2.15. The average Bonchev–Trinajstić information content (AvgIpc) is 2.55. The Morgan fingerprint density at radius 1 is 0.962 bits per heavy atom. The molecule has 0 bridgehead atoms. The summed E-state index contributed by atoms with van der Waals surface area (Å²) in [6.07, 6.45) is 0.250. The highest BCUT2D eigenvalue weighted by Crippen LogP contribution is 2.34. The lowest BCUT2D eigenvalue weighted by Crippen LogP contribution is -2.16. The largest absolute Gasteiger partial charge is 0.490 e. The summed E-state index contributed by atoms with van der Waals surface area (Å²) in [6.45, 7) is 11.0. The fraction of sp³-hybridized carbons (Fsp3) is 0.381. The van der Waals surface area contributed by atoms with E-state index in [2.05, 4.69) is 40.3 Å². The molecule has 4 nitrogen and oxygen atoms in total. The van der Waals surface area contributed by atoms with Crippen LogP contribution in [0.15, 0.2) is 28.7 Å². The van der Waals surface area contributed by atoms with Gasteiger partial charge in [-0.3, -0.25) is 4.79 Å². The maximum atomic E-state index is 12.6. The first kappa shape index (κ1) is 20.3. The van der Waals surface area contributed by atoms with Crippen LogP contribution in [0.4, 0.5) is 5.69 Å². The first-order valence-electron chi connectivity index (χ1n) is 8.81. The predicted molar refractivity (Wildman–Crippen MR) is 109 cm³/mol. The maximum absolute atomic E-state index is 12.6. The fourth-order valence-electron chi connectivity index (χ4n) is 2.98. The zero-order chi connectivity index (χ0) is 19.3. The number of aryl methyl sites for hydroxylation is 3. The molecule has 0 aliphatic heterocycles. The highest BCUT2D eigenvalue weighted by atomic mass is 79.9. The Labute approximate surface area is 164 Å². The quantitative estimate of drug-likeness (QED) is 0.657. The lowest BCUT2D eigenvalue weighted by Gasteiger charge is -2.15. The first-order chi connectivity index (χ1) is 12.3. The molecule has 0 radical (unpaired) electrons. The summed E-state index contributed by atoms with van der Waals surface area (Å²) in [6, 6.07) is 7.87. The summed E-state index contributed by atoms with van der Waals surface area (Å²) >= 11 is 3.54. The van der Waals surface area contributed by atoms with Gasteiger partial charge in [0.05, 0.1) is 19.6 Å². The van der Waals surface area contributed by atoms with Crippen molar-refractivity contribution in [2.75, 3.05) is 18.5 Å². The molecule has 140 valence electrons. The second-order valence-corrected chi connectivity index (χ2v) is 7.11. The molecule has 5 heteroatoms. The third-order valence-corrected chi connectivity index (χ3v) is 4.74. The van der Waals surface area contributed by atoms with Gasteiger partial charge in [0.25, 0.3) is 0 Å². The zero-order valence-corrected chi connectivity index (χ0v) is 17.6. The van der Waals surface area contributed by atoms with Gasteiger partial charge in [0.15, 0.2) is 11.5 Å². The molecule has 0 fully saturated rings. The van der Waals surface area contributed by atoms with Gasteiger partial charge in [0.2, 0.25) is 5.91 Å². The molecular weight excluding hydrogens is 394 g/mol. The minimum atomic E-state index is -0.0626. The van der Waals surface area contributed by atoms with E-state index in [1.807, 2.05) is 39.8 Å². The number of nitrogens with one attached hydrogen (secondary N) is 1. The monoisotopic (exact) mass is 419 g/mol. The molecule has 1 N–H and O–H groups in total. The van der Waals surface area contributed by atoms with Gasteiger partial charge >= 0.3 is 0 Å². The molecule has 0 aliphatic rings. The lowest BCUT2D eigenvalue weighted by atomic mass is 10.0. The van der Waals surface area contributed by atoms with Crippen molar-refractivity contribution in [3.8, 4) is 11.5 Å². The minimum absolute atomic E-state index is 0.0626. The number of carbonyl (C=O) groups is 1. The fourth-order valence-corrected chi connectivity index (χ4v) is 3.45. The van der Waals surface area contributed by atoms with E-state index in [0.29, 0.717) is 24.7 Å². The van der Waals surface area contributed by atoms with E-state index in [1.54, 1.807) is 0 Å². The molecule has 0 aliphatic carbocycles. The molecule has 2 rings (SSSR count). The van der Waals surface area contributed by atoms with Crippen LogP contribution in [0.5, 0.6) is 11.5 Å². The summed E-state index contributed by atoms with van der Waals surface area (Å²) in [4.78, 5) is 12.6. The van der Waals surface area contributed by atoms with Gasteiger partial charge in [0.1, 0.15) is 0 Å². The summed E-state index contributed by atoms with van der Waals surface area (Å²) < 4.78 is 12.1. The number of carbonyl (C=O) groups excluding carboxylic acids is 1. The van der Waals surface area contributed by atoms with E-state index in [0.717, 1.165) is 26.9 Å². The third kappa shape index (κ3) is 5.01. The Bertz CT molecular complexity index is 779. The van der Waals surface area contributed by atoms with Crippen molar-refractivity contribution < 1.29 is 14.3 Å². The molecule has 0 unspecified atom stereocenters. The van der Waals surface area contributed by atoms with Crippen molar-refractivity contribution in [1.29, 1.82) is 0 Å². The molecule has 1 amide bonds. The van der Waals surface area contributed by atoms with Crippen LogP contribution in [-0.2, 0) is 11.2 Å². The van der Waals surface area contributed by atoms with Crippen molar-refractivity contribution >= 4 is 27.5 Å². The zero-order valence-electron chi connectivity index (χ0n) is 16.0. The summed E-state index contributed by atoms with van der Waals surface area (Å²) in [5.41, 5.74) is 5.06. The smallest absolute Gasteiger partial charge is 0.228 e. The number of hydrogen-bond acceptors (Lipinski definition) is 3. The molecule has 0 spiro atoms.